The molecule has 0 aromatic carbocycles. The third kappa shape index (κ3) is 4.35. The fourth-order valence-electron chi connectivity index (χ4n) is 2.11. The molecular formula is C13H18F3NO5. The minimum absolute atomic E-state index is 0.262. The van der Waals surface area contributed by atoms with Crippen molar-refractivity contribution in [2.75, 3.05) is 13.7 Å². The lowest BCUT2D eigenvalue weighted by atomic mass is 9.85. The van der Waals surface area contributed by atoms with Crippen molar-refractivity contribution < 1.29 is 37.0 Å². The van der Waals surface area contributed by atoms with E-state index in [4.69, 9.17) is 4.74 Å². The number of nitrogens with zero attached hydrogens (tertiary/aromatic N) is 1. The second-order valence-electron chi connectivity index (χ2n) is 5.97. The second-order valence-corrected chi connectivity index (χ2v) is 5.97. The van der Waals surface area contributed by atoms with Gasteiger partial charge in [-0.1, -0.05) is 0 Å². The molecule has 1 aliphatic rings. The SMILES string of the molecule is COC(=O)C[C@H]1CN(C(=O)C(F)(F)F)[C@H]1C(=O)OC(C)(C)C. The van der Waals surface area contributed by atoms with Crippen LogP contribution in [0.4, 0.5) is 13.2 Å². The summed E-state index contributed by atoms with van der Waals surface area (Å²) in [5.74, 6) is -4.51. The van der Waals surface area contributed by atoms with Crippen molar-refractivity contribution >= 4 is 17.8 Å². The zero-order valence-corrected chi connectivity index (χ0v) is 12.7. The maximum absolute atomic E-state index is 12.5. The molecule has 9 heteroatoms. The molecule has 0 radical (unpaired) electrons. The normalized spacial score (nSPS) is 21.9. The number of esters is 2. The van der Waals surface area contributed by atoms with E-state index in [0.717, 1.165) is 7.11 Å². The molecule has 1 fully saturated rings. The standard InChI is InChI=1S/C13H18F3NO5/c1-12(2,3)22-10(19)9-7(5-8(18)21-4)6-17(9)11(20)13(14,15)16/h7,9H,5-6H2,1-4H3/t7-,9+/m0/s1. The number of hydrogen-bond donors (Lipinski definition) is 0. The van der Waals surface area contributed by atoms with Crippen LogP contribution in [-0.2, 0) is 23.9 Å². The van der Waals surface area contributed by atoms with Gasteiger partial charge in [0.25, 0.3) is 0 Å². The number of rotatable bonds is 3. The Balaban J connectivity index is 2.90. The summed E-state index contributed by atoms with van der Waals surface area (Å²) < 4.78 is 47.0. The highest BCUT2D eigenvalue weighted by Crippen LogP contribution is 2.34. The van der Waals surface area contributed by atoms with Crippen molar-refractivity contribution in [3.63, 3.8) is 0 Å². The van der Waals surface area contributed by atoms with Gasteiger partial charge in [0.05, 0.1) is 13.5 Å². The van der Waals surface area contributed by atoms with Crippen LogP contribution in [0.15, 0.2) is 0 Å². The van der Waals surface area contributed by atoms with Crippen LogP contribution in [0.1, 0.15) is 27.2 Å². The van der Waals surface area contributed by atoms with E-state index >= 15 is 0 Å². The zero-order chi connectivity index (χ0) is 17.3. The smallest absolute Gasteiger partial charge is 0.469 e. The summed E-state index contributed by atoms with van der Waals surface area (Å²) in [6.45, 7) is 4.30. The Morgan fingerprint density at radius 3 is 2.14 bits per heavy atom. The van der Waals surface area contributed by atoms with Crippen molar-refractivity contribution in [3.05, 3.63) is 0 Å². The molecule has 6 nitrogen and oxygen atoms in total. The first-order valence-corrected chi connectivity index (χ1v) is 6.54. The third-order valence-electron chi connectivity index (χ3n) is 3.02. The summed E-state index contributed by atoms with van der Waals surface area (Å²) in [5, 5.41) is 0. The van der Waals surface area contributed by atoms with Gasteiger partial charge in [0, 0.05) is 12.5 Å². The lowest BCUT2D eigenvalue weighted by Crippen LogP contribution is -2.65. The topological polar surface area (TPSA) is 72.9 Å². The van der Waals surface area contributed by atoms with E-state index in [1.165, 1.54) is 0 Å². The fraction of sp³-hybridized carbons (Fsp3) is 0.769. The van der Waals surface area contributed by atoms with Gasteiger partial charge in [-0.3, -0.25) is 9.59 Å². The molecule has 0 saturated carbocycles. The Hall–Kier alpha value is -1.80. The summed E-state index contributed by atoms with van der Waals surface area (Å²) in [7, 11) is 1.13. The van der Waals surface area contributed by atoms with Gasteiger partial charge in [-0.15, -0.1) is 0 Å². The van der Waals surface area contributed by atoms with Gasteiger partial charge in [-0.05, 0) is 20.8 Å². The minimum atomic E-state index is -5.09. The molecule has 0 unspecified atom stereocenters. The van der Waals surface area contributed by atoms with E-state index in [0.29, 0.717) is 4.90 Å². The average Bonchev–Trinajstić information content (AvgIpc) is 2.28. The summed E-state index contributed by atoms with van der Waals surface area (Å²) in [6, 6.07) is -1.44. The second kappa shape index (κ2) is 6.13. The predicted molar refractivity (Wildman–Crippen MR) is 67.5 cm³/mol. The van der Waals surface area contributed by atoms with Crippen molar-refractivity contribution in [1.82, 2.24) is 4.90 Å². The highest BCUT2D eigenvalue weighted by molar-refractivity contribution is 5.90. The molecular weight excluding hydrogens is 307 g/mol. The number of hydrogen-bond acceptors (Lipinski definition) is 5. The maximum atomic E-state index is 12.5. The van der Waals surface area contributed by atoms with E-state index in [2.05, 4.69) is 4.74 Å². The van der Waals surface area contributed by atoms with E-state index in [-0.39, 0.29) is 13.0 Å². The quantitative estimate of drug-likeness (QED) is 0.731. The van der Waals surface area contributed by atoms with Crippen LogP contribution >= 0.6 is 0 Å². The highest BCUT2D eigenvalue weighted by atomic mass is 19.4. The predicted octanol–water partition coefficient (Wildman–Crippen LogP) is 1.28. The molecule has 126 valence electrons. The minimum Gasteiger partial charge on any atom is -0.469 e. The van der Waals surface area contributed by atoms with Crippen molar-refractivity contribution in [2.24, 2.45) is 5.92 Å². The van der Waals surface area contributed by atoms with Crippen molar-refractivity contribution in [2.45, 2.75) is 45.0 Å². The van der Waals surface area contributed by atoms with Crippen LogP contribution in [0.3, 0.4) is 0 Å². The molecule has 1 amide bonds. The summed E-state index contributed by atoms with van der Waals surface area (Å²) in [6.07, 6.45) is -5.35. The molecule has 1 heterocycles. The number of ether oxygens (including phenoxy) is 2. The van der Waals surface area contributed by atoms with Crippen LogP contribution in [0, 0.1) is 5.92 Å². The summed E-state index contributed by atoms with van der Waals surface area (Å²) in [4.78, 5) is 35.0. The Morgan fingerprint density at radius 1 is 1.18 bits per heavy atom. The lowest BCUT2D eigenvalue weighted by Gasteiger charge is -2.46. The van der Waals surface area contributed by atoms with Crippen LogP contribution in [0.2, 0.25) is 0 Å². The van der Waals surface area contributed by atoms with Gasteiger partial charge < -0.3 is 14.4 Å². The monoisotopic (exact) mass is 325 g/mol. The largest absolute Gasteiger partial charge is 0.471 e. The van der Waals surface area contributed by atoms with Gasteiger partial charge in [-0.25, -0.2) is 4.79 Å². The van der Waals surface area contributed by atoms with Crippen molar-refractivity contribution in [1.29, 1.82) is 0 Å². The molecule has 0 aromatic rings. The molecule has 1 rings (SSSR count). The van der Waals surface area contributed by atoms with Crippen LogP contribution in [0.5, 0.6) is 0 Å². The molecule has 0 bridgehead atoms. The molecule has 0 N–H and O–H groups in total. The molecule has 1 saturated heterocycles. The Labute approximate surface area is 125 Å². The molecule has 2 atom stereocenters. The first-order valence-electron chi connectivity index (χ1n) is 6.54. The van der Waals surface area contributed by atoms with Crippen LogP contribution in [0.25, 0.3) is 0 Å². The Kier molecular flexibility index (Phi) is 5.09. The molecule has 22 heavy (non-hydrogen) atoms. The molecule has 1 aliphatic heterocycles. The van der Waals surface area contributed by atoms with Crippen molar-refractivity contribution in [3.8, 4) is 0 Å². The van der Waals surface area contributed by atoms with E-state index < -0.39 is 41.6 Å². The first-order chi connectivity index (χ1) is 9.86. The lowest BCUT2D eigenvalue weighted by molar-refractivity contribution is -0.204. The number of halogens is 3. The van der Waals surface area contributed by atoms with Gasteiger partial charge >= 0.3 is 24.0 Å². The summed E-state index contributed by atoms with van der Waals surface area (Å²) in [5.41, 5.74) is -0.921. The number of amides is 1. The summed E-state index contributed by atoms with van der Waals surface area (Å²) >= 11 is 0. The first kappa shape index (κ1) is 18.2. The average molecular weight is 325 g/mol. The number of carbonyl (C=O) groups excluding carboxylic acids is 3. The van der Waals surface area contributed by atoms with Crippen LogP contribution < -0.4 is 0 Å². The molecule has 0 aromatic heterocycles. The maximum Gasteiger partial charge on any atom is 0.471 e. The fourth-order valence-corrected chi connectivity index (χ4v) is 2.11. The molecule has 0 aliphatic carbocycles. The van der Waals surface area contributed by atoms with Gasteiger partial charge in [0.2, 0.25) is 0 Å². The van der Waals surface area contributed by atoms with E-state index in [1.54, 1.807) is 20.8 Å². The van der Waals surface area contributed by atoms with E-state index in [9.17, 15) is 27.6 Å². The molecule has 0 spiro atoms. The number of carbonyl (C=O) groups is 3. The van der Waals surface area contributed by atoms with Gasteiger partial charge in [0.15, 0.2) is 0 Å². The van der Waals surface area contributed by atoms with Crippen LogP contribution in [-0.4, -0.2) is 54.2 Å². The number of methoxy groups -OCH3 is 1. The Bertz CT molecular complexity index is 469. The zero-order valence-electron chi connectivity index (χ0n) is 12.7. The van der Waals surface area contributed by atoms with E-state index in [1.807, 2.05) is 0 Å². The van der Waals surface area contributed by atoms with Gasteiger partial charge in [0.1, 0.15) is 11.6 Å². The highest BCUT2D eigenvalue weighted by Gasteiger charge is 2.55. The number of likely N-dealkylation sites (tertiary alicyclic amines) is 1. The number of alkyl halides is 3. The van der Waals surface area contributed by atoms with Gasteiger partial charge in [-0.2, -0.15) is 13.2 Å². The Morgan fingerprint density at radius 2 is 1.73 bits per heavy atom. The third-order valence-corrected chi connectivity index (χ3v) is 3.02.